The van der Waals surface area contributed by atoms with E-state index in [1.807, 2.05) is 20.8 Å². The van der Waals surface area contributed by atoms with Gasteiger partial charge in [-0.15, -0.1) is 0 Å². The molecule has 0 aliphatic carbocycles. The van der Waals surface area contributed by atoms with Crippen LogP contribution in [0.25, 0.3) is 0 Å². The van der Waals surface area contributed by atoms with Gasteiger partial charge in [-0.25, -0.2) is 9.78 Å². The molecule has 2 atom stereocenters. The second-order valence-electron chi connectivity index (χ2n) is 6.08. The molecule has 0 saturated carbocycles. The van der Waals surface area contributed by atoms with E-state index in [9.17, 15) is 9.00 Å². The first-order valence-electron chi connectivity index (χ1n) is 6.94. The average molecular weight is 311 g/mol. The summed E-state index contributed by atoms with van der Waals surface area (Å²) in [5.41, 5.74) is 0.155. The highest BCUT2D eigenvalue weighted by atomic mass is 32.2. The monoisotopic (exact) mass is 311 g/mol. The number of rotatable bonds is 2. The lowest BCUT2D eigenvalue weighted by molar-refractivity contribution is 0.0295. The Hall–Kier alpha value is -1.50. The van der Waals surface area contributed by atoms with E-state index in [0.29, 0.717) is 30.2 Å². The topological polar surface area (TPSA) is 72.4 Å². The van der Waals surface area contributed by atoms with Crippen LogP contribution < -0.4 is 0 Å². The molecule has 0 aromatic carbocycles. The highest BCUT2D eigenvalue weighted by molar-refractivity contribution is 7.85. The van der Waals surface area contributed by atoms with Gasteiger partial charge in [0.1, 0.15) is 10.6 Å². The van der Waals surface area contributed by atoms with Crippen molar-refractivity contribution in [2.75, 3.05) is 13.1 Å². The fraction of sp³-hybridized carbons (Fsp3) is 0.643. The molecule has 1 aromatic heterocycles. The molecule has 116 valence electrons. The molecule has 2 heterocycles. The zero-order chi connectivity index (χ0) is 15.6. The van der Waals surface area contributed by atoms with Gasteiger partial charge in [0.25, 0.3) is 0 Å². The molecule has 2 unspecified atom stereocenters. The zero-order valence-corrected chi connectivity index (χ0v) is 13.6. The second kappa shape index (κ2) is 6.09. The predicted octanol–water partition coefficient (Wildman–Crippen LogP) is 1.90. The Morgan fingerprint density at radius 3 is 2.67 bits per heavy atom. The Kier molecular flexibility index (Phi) is 4.61. The number of hydrogen-bond donors (Lipinski definition) is 0. The molecule has 2 rings (SSSR count). The maximum Gasteiger partial charge on any atom is 0.410 e. The largest absolute Gasteiger partial charge is 0.444 e. The molecular weight excluding hydrogens is 290 g/mol. The first kappa shape index (κ1) is 15.9. The highest BCUT2D eigenvalue weighted by Crippen LogP contribution is 2.22. The van der Waals surface area contributed by atoms with Crippen LogP contribution in [0.1, 0.15) is 32.9 Å². The van der Waals surface area contributed by atoms with Crippen LogP contribution >= 0.6 is 0 Å². The van der Waals surface area contributed by atoms with Crippen molar-refractivity contribution in [2.24, 2.45) is 0 Å². The van der Waals surface area contributed by atoms with E-state index in [1.165, 1.54) is 0 Å². The minimum atomic E-state index is -1.25. The number of nitrogens with zero attached hydrogens (tertiary/aromatic N) is 3. The predicted molar refractivity (Wildman–Crippen MR) is 79.4 cm³/mol. The van der Waals surface area contributed by atoms with Gasteiger partial charge in [-0.1, -0.05) is 0 Å². The van der Waals surface area contributed by atoms with Crippen LogP contribution in [0.4, 0.5) is 4.79 Å². The molecular formula is C14H21N3O3S. The summed E-state index contributed by atoms with van der Waals surface area (Å²) in [5.74, 6) is 0. The fourth-order valence-corrected chi connectivity index (χ4v) is 3.60. The van der Waals surface area contributed by atoms with Gasteiger partial charge in [-0.2, -0.15) is 0 Å². The van der Waals surface area contributed by atoms with Gasteiger partial charge in [0.2, 0.25) is 0 Å². The first-order chi connectivity index (χ1) is 9.78. The van der Waals surface area contributed by atoms with Gasteiger partial charge in [-0.3, -0.25) is 9.19 Å². The molecule has 1 aliphatic rings. The van der Waals surface area contributed by atoms with Gasteiger partial charge in [0.15, 0.2) is 0 Å². The van der Waals surface area contributed by atoms with Crippen LogP contribution in [-0.4, -0.2) is 49.1 Å². The summed E-state index contributed by atoms with van der Waals surface area (Å²) in [6.45, 7) is 8.28. The van der Waals surface area contributed by atoms with E-state index in [1.54, 1.807) is 24.2 Å². The maximum absolute atomic E-state index is 12.6. The third kappa shape index (κ3) is 4.00. The molecule has 1 fully saturated rings. The number of carbonyl (C=O) groups is 1. The standard InChI is InChI=1S/C14H21N3O3S/c1-10-12(16-7-6-15-10)21(19)11-5-8-17(9-11)13(18)20-14(2,3)4/h6-7,11H,5,8-9H2,1-4H3. The molecule has 1 aromatic rings. The quantitative estimate of drug-likeness (QED) is 0.834. The van der Waals surface area contributed by atoms with Crippen LogP contribution in [-0.2, 0) is 15.5 Å². The summed E-state index contributed by atoms with van der Waals surface area (Å²) in [7, 11) is -1.25. The van der Waals surface area contributed by atoms with Gasteiger partial charge >= 0.3 is 6.09 Å². The molecule has 1 aliphatic heterocycles. The molecule has 0 N–H and O–H groups in total. The Morgan fingerprint density at radius 1 is 1.38 bits per heavy atom. The Bertz CT molecular complexity index is 557. The van der Waals surface area contributed by atoms with Crippen molar-refractivity contribution in [2.45, 2.75) is 50.0 Å². The average Bonchev–Trinajstić information content (AvgIpc) is 2.86. The Morgan fingerprint density at radius 2 is 2.05 bits per heavy atom. The molecule has 0 radical (unpaired) electrons. The van der Waals surface area contributed by atoms with Crippen LogP contribution in [0, 0.1) is 6.92 Å². The summed E-state index contributed by atoms with van der Waals surface area (Å²) in [5, 5.41) is 0.390. The maximum atomic E-state index is 12.6. The van der Waals surface area contributed by atoms with E-state index in [-0.39, 0.29) is 11.3 Å². The molecule has 0 bridgehead atoms. The van der Waals surface area contributed by atoms with Crippen molar-refractivity contribution in [1.82, 2.24) is 14.9 Å². The summed E-state index contributed by atoms with van der Waals surface area (Å²) in [4.78, 5) is 21.9. The minimum Gasteiger partial charge on any atom is -0.444 e. The summed E-state index contributed by atoms with van der Waals surface area (Å²) < 4.78 is 17.9. The van der Waals surface area contributed by atoms with E-state index < -0.39 is 16.4 Å². The summed E-state index contributed by atoms with van der Waals surface area (Å²) >= 11 is 0. The molecule has 21 heavy (non-hydrogen) atoms. The summed E-state index contributed by atoms with van der Waals surface area (Å²) in [6.07, 6.45) is 3.46. The first-order valence-corrected chi connectivity index (χ1v) is 8.15. The fourth-order valence-electron chi connectivity index (χ4n) is 2.15. The lowest BCUT2D eigenvalue weighted by atomic mass is 10.2. The Labute approximate surface area is 127 Å². The lowest BCUT2D eigenvalue weighted by Gasteiger charge is -2.24. The van der Waals surface area contributed by atoms with E-state index in [2.05, 4.69) is 9.97 Å². The van der Waals surface area contributed by atoms with Crippen LogP contribution in [0.2, 0.25) is 0 Å². The SMILES string of the molecule is Cc1nccnc1S(=O)C1CCN(C(=O)OC(C)(C)C)C1. The van der Waals surface area contributed by atoms with Crippen LogP contribution in [0.3, 0.4) is 0 Å². The second-order valence-corrected chi connectivity index (χ2v) is 7.73. The third-order valence-electron chi connectivity index (χ3n) is 3.13. The number of carbonyl (C=O) groups excluding carboxylic acids is 1. The molecule has 1 amide bonds. The number of aromatic nitrogens is 2. The van der Waals surface area contributed by atoms with Crippen LogP contribution in [0.15, 0.2) is 17.4 Å². The lowest BCUT2D eigenvalue weighted by Crippen LogP contribution is -2.36. The van der Waals surface area contributed by atoms with Gasteiger partial charge in [0, 0.05) is 25.5 Å². The van der Waals surface area contributed by atoms with Crippen molar-refractivity contribution >= 4 is 16.9 Å². The van der Waals surface area contributed by atoms with Crippen molar-refractivity contribution < 1.29 is 13.7 Å². The van der Waals surface area contributed by atoms with Crippen LogP contribution in [0.5, 0.6) is 0 Å². The highest BCUT2D eigenvalue weighted by Gasteiger charge is 2.34. The zero-order valence-electron chi connectivity index (χ0n) is 12.8. The number of aryl methyl sites for hydroxylation is 1. The molecule has 7 heteroatoms. The van der Waals surface area contributed by atoms with Crippen molar-refractivity contribution in [3.8, 4) is 0 Å². The number of ether oxygens (including phenoxy) is 1. The van der Waals surface area contributed by atoms with E-state index in [4.69, 9.17) is 4.74 Å². The number of amides is 1. The van der Waals surface area contributed by atoms with Gasteiger partial charge in [-0.05, 0) is 34.1 Å². The van der Waals surface area contributed by atoms with Gasteiger partial charge in [0.05, 0.1) is 21.7 Å². The van der Waals surface area contributed by atoms with Crippen molar-refractivity contribution in [3.05, 3.63) is 18.1 Å². The number of likely N-dealkylation sites (tertiary alicyclic amines) is 1. The number of hydrogen-bond acceptors (Lipinski definition) is 5. The van der Waals surface area contributed by atoms with E-state index in [0.717, 1.165) is 0 Å². The smallest absolute Gasteiger partial charge is 0.410 e. The molecule has 1 saturated heterocycles. The molecule has 6 nitrogen and oxygen atoms in total. The summed E-state index contributed by atoms with van der Waals surface area (Å²) in [6, 6.07) is 0. The molecule has 0 spiro atoms. The van der Waals surface area contributed by atoms with E-state index >= 15 is 0 Å². The van der Waals surface area contributed by atoms with Gasteiger partial charge < -0.3 is 9.64 Å². The Balaban J connectivity index is 2.01. The third-order valence-corrected chi connectivity index (χ3v) is 4.90. The minimum absolute atomic E-state index is 0.118. The van der Waals surface area contributed by atoms with Crippen molar-refractivity contribution in [3.63, 3.8) is 0 Å². The van der Waals surface area contributed by atoms with Crippen molar-refractivity contribution in [1.29, 1.82) is 0 Å². The normalized spacial score (nSPS) is 20.4.